The Morgan fingerprint density at radius 1 is 0.477 bits per heavy atom. The van der Waals surface area contributed by atoms with Crippen molar-refractivity contribution in [1.82, 2.24) is 0 Å². The Kier molecular flexibility index (Phi) is 5.97. The lowest BCUT2D eigenvalue weighted by Gasteiger charge is -2.39. The highest BCUT2D eigenvalue weighted by Gasteiger charge is 2.82. The number of rotatable bonds is 5. The minimum atomic E-state index is -1.40. The molecule has 0 N–H and O–H groups in total. The molecule has 0 radical (unpaired) electrons. The number of Topliss-reactive ketones (excluding diaryl/α,β-unsaturated/α-hetero) is 1. The summed E-state index contributed by atoms with van der Waals surface area (Å²) < 4.78 is 0.844. The quantitative estimate of drug-likeness (QED) is 0.187. The molecule has 1 heterocycles. The summed E-state index contributed by atoms with van der Waals surface area (Å²) in [7, 11) is 0. The number of amides is 2. The number of carbonyl (C=O) groups excluding carboxylic acids is 3. The van der Waals surface area contributed by atoms with E-state index in [1.165, 1.54) is 4.90 Å². The zero-order valence-electron chi connectivity index (χ0n) is 23.6. The number of hydrogen-bond acceptors (Lipinski definition) is 3. The van der Waals surface area contributed by atoms with Gasteiger partial charge in [0.2, 0.25) is 11.8 Å². The molecule has 0 aromatic heterocycles. The Hall–Kier alpha value is -4.87. The molecule has 5 heteroatoms. The van der Waals surface area contributed by atoms with Crippen LogP contribution in [0.4, 0.5) is 5.69 Å². The summed E-state index contributed by atoms with van der Waals surface area (Å²) >= 11 is 3.48. The third-order valence-corrected chi connectivity index (χ3v) is 10.2. The molecule has 4 atom stereocenters. The number of ketones is 1. The Labute approximate surface area is 263 Å². The molecule has 8 rings (SSSR count). The summed E-state index contributed by atoms with van der Waals surface area (Å²) in [5.41, 5.74) is 2.47. The van der Waals surface area contributed by atoms with Crippen LogP contribution in [0.1, 0.15) is 22.3 Å². The number of hydrogen-bond donors (Lipinski definition) is 0. The van der Waals surface area contributed by atoms with E-state index in [1.807, 2.05) is 133 Å². The molecule has 2 fully saturated rings. The summed E-state index contributed by atoms with van der Waals surface area (Å²) in [6, 6.07) is 46.2. The predicted molar refractivity (Wildman–Crippen MR) is 175 cm³/mol. The van der Waals surface area contributed by atoms with Crippen LogP contribution in [-0.2, 0) is 25.2 Å². The fraction of sp³-hybridized carbons (Fsp3) is 0.103. The Morgan fingerprint density at radius 3 is 1.23 bits per heavy atom. The molecule has 0 spiro atoms. The first-order valence-electron chi connectivity index (χ1n) is 14.7. The maximum absolute atomic E-state index is 15.8. The molecule has 1 saturated heterocycles. The van der Waals surface area contributed by atoms with Crippen LogP contribution in [-0.4, -0.2) is 17.6 Å². The minimum absolute atomic E-state index is 0.118. The van der Waals surface area contributed by atoms with Crippen LogP contribution in [0.2, 0.25) is 0 Å². The molecule has 5 aromatic rings. The smallest absolute Gasteiger partial charge is 0.239 e. The highest BCUT2D eigenvalue weighted by Crippen LogP contribution is 2.74. The van der Waals surface area contributed by atoms with Crippen LogP contribution >= 0.6 is 15.9 Å². The molecule has 5 aromatic carbocycles. The first kappa shape index (κ1) is 26.7. The molecule has 3 aliphatic rings. The molecule has 1 saturated carbocycles. The zero-order valence-corrected chi connectivity index (χ0v) is 25.1. The fourth-order valence-corrected chi connectivity index (χ4v) is 8.44. The van der Waals surface area contributed by atoms with Crippen molar-refractivity contribution in [3.05, 3.63) is 172 Å². The first-order valence-corrected chi connectivity index (χ1v) is 15.5. The molecule has 2 aliphatic carbocycles. The van der Waals surface area contributed by atoms with Gasteiger partial charge in [-0.15, -0.1) is 0 Å². The van der Waals surface area contributed by atoms with Crippen LogP contribution in [0.15, 0.2) is 150 Å². The van der Waals surface area contributed by atoms with Crippen molar-refractivity contribution in [2.75, 3.05) is 4.90 Å². The molecule has 212 valence electrons. The summed E-state index contributed by atoms with van der Waals surface area (Å²) in [4.78, 5) is 46.9. The van der Waals surface area contributed by atoms with E-state index in [4.69, 9.17) is 0 Å². The summed E-state index contributed by atoms with van der Waals surface area (Å²) in [6.07, 6.45) is 0. The molecule has 0 unspecified atom stereocenters. The van der Waals surface area contributed by atoms with Crippen molar-refractivity contribution < 1.29 is 14.4 Å². The van der Waals surface area contributed by atoms with Gasteiger partial charge in [0, 0.05) is 4.47 Å². The van der Waals surface area contributed by atoms with E-state index in [0.29, 0.717) is 5.69 Å². The van der Waals surface area contributed by atoms with Gasteiger partial charge >= 0.3 is 0 Å². The lowest BCUT2D eigenvalue weighted by Crippen LogP contribution is -2.45. The lowest BCUT2D eigenvalue weighted by atomic mass is 9.59. The second-order valence-corrected chi connectivity index (χ2v) is 12.5. The van der Waals surface area contributed by atoms with Gasteiger partial charge in [0.15, 0.2) is 5.78 Å². The van der Waals surface area contributed by atoms with Crippen molar-refractivity contribution in [3.8, 4) is 0 Å². The van der Waals surface area contributed by atoms with Crippen LogP contribution in [0.25, 0.3) is 11.1 Å². The van der Waals surface area contributed by atoms with Crippen LogP contribution < -0.4 is 4.90 Å². The number of nitrogens with zero attached hydrogens (tertiary/aromatic N) is 1. The van der Waals surface area contributed by atoms with Crippen molar-refractivity contribution in [2.24, 2.45) is 11.8 Å². The zero-order chi connectivity index (χ0) is 30.1. The van der Waals surface area contributed by atoms with Gasteiger partial charge in [-0.25, -0.2) is 4.90 Å². The predicted octanol–water partition coefficient (Wildman–Crippen LogP) is 7.64. The fourth-order valence-electron chi connectivity index (χ4n) is 8.18. The standard InChI is InChI=1S/C39H26BrNO3/c40-29-21-23-30(24-22-29)41-35(42)33-34(36(41)43)39(28-19-11-4-12-20-28)32(26-15-7-2-8-16-26)31(25-13-5-1-6-14-25)38(33,37(39)44)27-17-9-3-10-18-27/h1-24,33-34H/t33-,34-,38-,39-/m0/s1. The van der Waals surface area contributed by atoms with Crippen LogP contribution in [0, 0.1) is 11.8 Å². The van der Waals surface area contributed by atoms with E-state index in [0.717, 1.165) is 37.9 Å². The van der Waals surface area contributed by atoms with E-state index in [-0.39, 0.29) is 17.6 Å². The van der Waals surface area contributed by atoms with Crippen molar-refractivity contribution in [3.63, 3.8) is 0 Å². The Balaban J connectivity index is 1.55. The average Bonchev–Trinajstić information content (AvgIpc) is 3.59. The van der Waals surface area contributed by atoms with Crippen LogP contribution in [0.3, 0.4) is 0 Å². The topological polar surface area (TPSA) is 54.5 Å². The SMILES string of the molecule is O=C1[C@@H]2[C@@H](C(=O)N1c1ccc(Br)cc1)[C@@]1(c3ccccc3)C(=O)[C@@]2(c2ccccc2)C(c2ccccc2)=C1c1ccccc1. The van der Waals surface area contributed by atoms with Crippen molar-refractivity contribution in [2.45, 2.75) is 10.8 Å². The molecule has 2 amide bonds. The van der Waals surface area contributed by atoms with Gasteiger partial charge in [-0.3, -0.25) is 14.4 Å². The molecule has 44 heavy (non-hydrogen) atoms. The maximum Gasteiger partial charge on any atom is 0.239 e. The normalized spacial score (nSPS) is 25.6. The number of benzene rings is 5. The highest BCUT2D eigenvalue weighted by atomic mass is 79.9. The van der Waals surface area contributed by atoms with Gasteiger partial charge in [0.25, 0.3) is 0 Å². The number of imide groups is 1. The molecule has 2 bridgehead atoms. The highest BCUT2D eigenvalue weighted by molar-refractivity contribution is 9.10. The summed E-state index contributed by atoms with van der Waals surface area (Å²) in [5.74, 6) is -2.68. The van der Waals surface area contributed by atoms with Crippen molar-refractivity contribution in [1.29, 1.82) is 0 Å². The second-order valence-electron chi connectivity index (χ2n) is 11.6. The van der Waals surface area contributed by atoms with Gasteiger partial charge in [-0.1, -0.05) is 137 Å². The number of halogens is 1. The van der Waals surface area contributed by atoms with Gasteiger partial charge in [0.05, 0.1) is 28.4 Å². The second kappa shape index (κ2) is 9.83. The number of fused-ring (bicyclic) bond motifs is 5. The average molecular weight is 637 g/mol. The van der Waals surface area contributed by atoms with E-state index in [2.05, 4.69) is 15.9 Å². The number of carbonyl (C=O) groups is 3. The summed E-state index contributed by atoms with van der Waals surface area (Å²) in [5, 5.41) is 0. The Bertz CT molecular complexity index is 1850. The lowest BCUT2D eigenvalue weighted by molar-refractivity contribution is -0.130. The van der Waals surface area contributed by atoms with E-state index < -0.39 is 22.7 Å². The molecule has 4 nitrogen and oxygen atoms in total. The van der Waals surface area contributed by atoms with Gasteiger partial charge in [-0.2, -0.15) is 0 Å². The largest absolute Gasteiger partial charge is 0.297 e. The van der Waals surface area contributed by atoms with E-state index >= 15 is 4.79 Å². The third kappa shape index (κ3) is 3.30. The molecule has 1 aliphatic heterocycles. The maximum atomic E-state index is 15.8. The summed E-state index contributed by atoms with van der Waals surface area (Å²) in [6.45, 7) is 0. The van der Waals surface area contributed by atoms with E-state index in [1.54, 1.807) is 12.1 Å². The third-order valence-electron chi connectivity index (χ3n) is 9.66. The van der Waals surface area contributed by atoms with Gasteiger partial charge in [-0.05, 0) is 57.7 Å². The monoisotopic (exact) mass is 635 g/mol. The van der Waals surface area contributed by atoms with E-state index in [9.17, 15) is 9.59 Å². The molecular formula is C39H26BrNO3. The van der Waals surface area contributed by atoms with Gasteiger partial charge in [0.1, 0.15) is 0 Å². The number of allylic oxidation sites excluding steroid dienone is 2. The first-order chi connectivity index (χ1) is 21.5. The Morgan fingerprint density at radius 2 is 0.841 bits per heavy atom. The molecular weight excluding hydrogens is 610 g/mol. The number of anilines is 1. The van der Waals surface area contributed by atoms with Crippen LogP contribution in [0.5, 0.6) is 0 Å². The van der Waals surface area contributed by atoms with Gasteiger partial charge < -0.3 is 0 Å². The minimum Gasteiger partial charge on any atom is -0.297 e. The van der Waals surface area contributed by atoms with Crippen molar-refractivity contribution >= 4 is 50.4 Å².